The number of aryl methyl sites for hydroxylation is 1. The molecule has 1 N–H and O–H groups in total. The molecule has 158 valence electrons. The van der Waals surface area contributed by atoms with Gasteiger partial charge in [-0.1, -0.05) is 36.4 Å². The Kier molecular flexibility index (Phi) is 6.41. The Morgan fingerprint density at radius 3 is 2.57 bits per heavy atom. The number of carbonyl (C=O) groups is 2. The van der Waals surface area contributed by atoms with Gasteiger partial charge in [-0.2, -0.15) is 0 Å². The van der Waals surface area contributed by atoms with Crippen LogP contribution in [-0.4, -0.2) is 33.0 Å². The zero-order valence-electron chi connectivity index (χ0n) is 17.2. The van der Waals surface area contributed by atoms with Gasteiger partial charge in [-0.3, -0.25) is 14.3 Å². The maximum absolute atomic E-state index is 13.0. The lowest BCUT2D eigenvalue weighted by molar-refractivity contribution is -0.151. The van der Waals surface area contributed by atoms with Gasteiger partial charge in [0.1, 0.15) is 5.92 Å². The number of hydrogen-bond acceptors (Lipinski definition) is 5. The largest absolute Gasteiger partial charge is 0.465 e. The molecule has 2 unspecified atom stereocenters. The van der Waals surface area contributed by atoms with Gasteiger partial charge in [0.05, 0.1) is 12.9 Å². The molecule has 2 atom stereocenters. The minimum atomic E-state index is -3.42. The van der Waals surface area contributed by atoms with E-state index in [0.29, 0.717) is 12.1 Å². The van der Waals surface area contributed by atoms with Crippen LogP contribution in [0, 0.1) is 12.8 Å². The summed E-state index contributed by atoms with van der Waals surface area (Å²) in [6, 6.07) is 14.6. The Morgan fingerprint density at radius 1 is 1.17 bits per heavy atom. The maximum atomic E-state index is 13.0. The van der Waals surface area contributed by atoms with Crippen LogP contribution in [0.4, 0.5) is 5.69 Å². The predicted octanol–water partition coefficient (Wildman–Crippen LogP) is 3.69. The van der Waals surface area contributed by atoms with Gasteiger partial charge in [-0.25, -0.2) is 8.42 Å². The molecule has 0 radical (unpaired) electrons. The number of ketones is 1. The lowest BCUT2D eigenvalue weighted by Gasteiger charge is -2.30. The van der Waals surface area contributed by atoms with Crippen molar-refractivity contribution in [2.45, 2.75) is 26.2 Å². The van der Waals surface area contributed by atoms with Gasteiger partial charge < -0.3 is 4.74 Å². The van der Waals surface area contributed by atoms with Gasteiger partial charge in [0.25, 0.3) is 0 Å². The van der Waals surface area contributed by atoms with Crippen molar-refractivity contribution in [1.29, 1.82) is 0 Å². The van der Waals surface area contributed by atoms with E-state index >= 15 is 0 Å². The molecule has 1 aliphatic rings. The van der Waals surface area contributed by atoms with Crippen LogP contribution in [-0.2, 0) is 24.3 Å². The molecule has 0 heterocycles. The van der Waals surface area contributed by atoms with Gasteiger partial charge in [-0.15, -0.1) is 0 Å². The van der Waals surface area contributed by atoms with Crippen molar-refractivity contribution < 1.29 is 22.7 Å². The molecular weight excluding hydrogens is 402 g/mol. The van der Waals surface area contributed by atoms with Crippen molar-refractivity contribution in [3.8, 4) is 0 Å². The van der Waals surface area contributed by atoms with Crippen LogP contribution < -0.4 is 4.72 Å². The standard InChI is InChI=1S/C23H25NO5S/c1-4-29-23(26)22-20(19-11-6-5-8-15(19)2)13-17(14-21(22)25)16-9-7-10-18(12-16)24-30(3,27)28/h5-12,14,20,22,24H,4,13H2,1-3H3. The second kappa shape index (κ2) is 8.83. The highest BCUT2D eigenvalue weighted by atomic mass is 32.2. The highest BCUT2D eigenvalue weighted by Crippen LogP contribution is 2.41. The van der Waals surface area contributed by atoms with Gasteiger partial charge in [0.2, 0.25) is 10.0 Å². The van der Waals surface area contributed by atoms with Gasteiger partial charge >= 0.3 is 5.97 Å². The molecule has 0 spiro atoms. The van der Waals surface area contributed by atoms with E-state index in [0.717, 1.165) is 28.5 Å². The van der Waals surface area contributed by atoms with Crippen LogP contribution in [0.25, 0.3) is 5.57 Å². The number of carbonyl (C=O) groups excluding carboxylic acids is 2. The topological polar surface area (TPSA) is 89.5 Å². The SMILES string of the molecule is CCOC(=O)C1C(=O)C=C(c2cccc(NS(C)(=O)=O)c2)CC1c1ccccc1C. The zero-order chi connectivity index (χ0) is 21.9. The third-order valence-corrected chi connectivity index (χ3v) is 5.74. The minimum absolute atomic E-state index is 0.207. The molecule has 0 bridgehead atoms. The number of benzene rings is 2. The van der Waals surface area contributed by atoms with E-state index in [9.17, 15) is 18.0 Å². The molecule has 6 nitrogen and oxygen atoms in total. The first kappa shape index (κ1) is 21.8. The molecule has 2 aromatic carbocycles. The first-order valence-electron chi connectivity index (χ1n) is 9.74. The minimum Gasteiger partial charge on any atom is -0.465 e. The van der Waals surface area contributed by atoms with E-state index in [1.807, 2.05) is 37.3 Å². The number of anilines is 1. The normalized spacial score (nSPS) is 19.2. The van der Waals surface area contributed by atoms with Crippen LogP contribution in [0.5, 0.6) is 0 Å². The zero-order valence-corrected chi connectivity index (χ0v) is 18.0. The molecule has 0 aliphatic heterocycles. The predicted molar refractivity (Wildman–Crippen MR) is 117 cm³/mol. The Hall–Kier alpha value is -2.93. The van der Waals surface area contributed by atoms with Crippen molar-refractivity contribution in [1.82, 2.24) is 0 Å². The average molecular weight is 428 g/mol. The van der Waals surface area contributed by atoms with Crippen LogP contribution in [0.15, 0.2) is 54.6 Å². The molecular formula is C23H25NO5S. The number of nitrogens with one attached hydrogen (secondary N) is 1. The van der Waals surface area contributed by atoms with E-state index in [1.165, 1.54) is 6.08 Å². The van der Waals surface area contributed by atoms with Gasteiger partial charge in [-0.05, 0) is 60.7 Å². The fourth-order valence-corrected chi connectivity index (χ4v) is 4.43. The molecule has 0 amide bonds. The monoisotopic (exact) mass is 427 g/mol. The molecule has 0 saturated carbocycles. The molecule has 7 heteroatoms. The number of esters is 1. The number of ether oxygens (including phenoxy) is 1. The fraction of sp³-hybridized carbons (Fsp3) is 0.304. The first-order chi connectivity index (χ1) is 14.2. The Bertz CT molecular complexity index is 1100. The van der Waals surface area contributed by atoms with E-state index in [4.69, 9.17) is 4.74 Å². The summed E-state index contributed by atoms with van der Waals surface area (Å²) in [7, 11) is -3.42. The second-order valence-electron chi connectivity index (χ2n) is 7.42. The number of sulfonamides is 1. The van der Waals surface area contributed by atoms with E-state index in [1.54, 1.807) is 25.1 Å². The summed E-state index contributed by atoms with van der Waals surface area (Å²) in [5.74, 6) is -2.07. The highest BCUT2D eigenvalue weighted by molar-refractivity contribution is 7.92. The maximum Gasteiger partial charge on any atom is 0.317 e. The van der Waals surface area contributed by atoms with Crippen LogP contribution in [0.3, 0.4) is 0 Å². The third kappa shape index (κ3) is 4.97. The lowest BCUT2D eigenvalue weighted by Crippen LogP contribution is -2.34. The highest BCUT2D eigenvalue weighted by Gasteiger charge is 2.40. The number of allylic oxidation sites excluding steroid dienone is 2. The first-order valence-corrected chi connectivity index (χ1v) is 11.6. The van der Waals surface area contributed by atoms with Crippen molar-refractivity contribution in [2.75, 3.05) is 17.6 Å². The summed E-state index contributed by atoms with van der Waals surface area (Å²) in [5.41, 5.74) is 3.84. The quantitative estimate of drug-likeness (QED) is 0.561. The van der Waals surface area contributed by atoms with E-state index < -0.39 is 21.9 Å². The summed E-state index contributed by atoms with van der Waals surface area (Å²) in [4.78, 5) is 25.6. The van der Waals surface area contributed by atoms with Crippen molar-refractivity contribution in [3.63, 3.8) is 0 Å². The Balaban J connectivity index is 2.03. The van der Waals surface area contributed by atoms with E-state index in [2.05, 4.69) is 4.72 Å². The molecule has 2 aromatic rings. The molecule has 3 rings (SSSR count). The molecule has 1 aliphatic carbocycles. The van der Waals surface area contributed by atoms with Crippen LogP contribution >= 0.6 is 0 Å². The van der Waals surface area contributed by atoms with Gasteiger partial charge in [0.15, 0.2) is 5.78 Å². The molecule has 0 saturated heterocycles. The summed E-state index contributed by atoms with van der Waals surface area (Å²) in [6.07, 6.45) is 3.03. The van der Waals surface area contributed by atoms with Crippen LogP contribution in [0.2, 0.25) is 0 Å². The fourth-order valence-electron chi connectivity index (χ4n) is 3.88. The number of rotatable bonds is 6. The second-order valence-corrected chi connectivity index (χ2v) is 9.17. The smallest absolute Gasteiger partial charge is 0.317 e. The average Bonchev–Trinajstić information content (AvgIpc) is 2.66. The summed E-state index contributed by atoms with van der Waals surface area (Å²) < 4.78 is 30.8. The Labute approximate surface area is 177 Å². The Morgan fingerprint density at radius 2 is 1.90 bits per heavy atom. The van der Waals surface area contributed by atoms with E-state index in [-0.39, 0.29) is 18.3 Å². The molecule has 30 heavy (non-hydrogen) atoms. The summed E-state index contributed by atoms with van der Waals surface area (Å²) >= 11 is 0. The van der Waals surface area contributed by atoms with Crippen molar-refractivity contribution >= 4 is 33.0 Å². The lowest BCUT2D eigenvalue weighted by atomic mass is 9.72. The molecule has 0 aromatic heterocycles. The third-order valence-electron chi connectivity index (χ3n) is 5.13. The van der Waals surface area contributed by atoms with Crippen LogP contribution in [0.1, 0.15) is 36.0 Å². The van der Waals surface area contributed by atoms with Crippen molar-refractivity contribution in [2.24, 2.45) is 5.92 Å². The van der Waals surface area contributed by atoms with Crippen molar-refractivity contribution in [3.05, 3.63) is 71.3 Å². The number of hydrogen-bond donors (Lipinski definition) is 1. The summed E-state index contributed by atoms with van der Waals surface area (Å²) in [6.45, 7) is 3.88. The summed E-state index contributed by atoms with van der Waals surface area (Å²) in [5, 5.41) is 0. The molecule has 0 fully saturated rings. The van der Waals surface area contributed by atoms with Gasteiger partial charge in [0, 0.05) is 11.6 Å².